The number of carbonyl (C=O) groups is 1. The second-order valence-corrected chi connectivity index (χ2v) is 9.52. The summed E-state index contributed by atoms with van der Waals surface area (Å²) in [7, 11) is 0. The molecule has 5 heteroatoms. The Labute approximate surface area is 194 Å². The van der Waals surface area contributed by atoms with Gasteiger partial charge in [0, 0.05) is 16.9 Å². The second-order valence-electron chi connectivity index (χ2n) is 9.52. The van der Waals surface area contributed by atoms with Crippen molar-refractivity contribution in [2.75, 3.05) is 0 Å². The molecule has 0 amide bonds. The third-order valence-corrected chi connectivity index (χ3v) is 7.05. The molecule has 3 aromatic carbocycles. The topological polar surface area (TPSA) is 68.0 Å². The van der Waals surface area contributed by atoms with E-state index in [4.69, 9.17) is 0 Å². The lowest BCUT2D eigenvalue weighted by molar-refractivity contribution is 0.0525. The Morgan fingerprint density at radius 2 is 1.52 bits per heavy atom. The van der Waals surface area contributed by atoms with Crippen LogP contribution in [-0.2, 0) is 5.41 Å². The Morgan fingerprint density at radius 1 is 0.879 bits per heavy atom. The Kier molecular flexibility index (Phi) is 5.59. The van der Waals surface area contributed by atoms with E-state index in [9.17, 15) is 9.90 Å². The van der Waals surface area contributed by atoms with Crippen molar-refractivity contribution in [2.45, 2.75) is 51.0 Å². The standard InChI is InChI=1S/C28H29N3O2/c1-28(2,19-10-4-3-5-11-19)20-16-17-21(27(33)22-12-6-9-15-26(22)32)25(18-20)31-29-23-13-7-8-14-24(23)30-31/h3-5,7-8,10-11,13-14,16-18,22,26,32H,6,9,12,15H2,1-2H3. The van der Waals surface area contributed by atoms with Crippen molar-refractivity contribution in [3.05, 3.63) is 89.5 Å². The van der Waals surface area contributed by atoms with Crippen molar-refractivity contribution >= 4 is 16.8 Å². The van der Waals surface area contributed by atoms with Crippen molar-refractivity contribution in [3.8, 4) is 5.69 Å². The summed E-state index contributed by atoms with van der Waals surface area (Å²) in [5, 5.41) is 19.9. The number of hydrogen-bond acceptors (Lipinski definition) is 4. The van der Waals surface area contributed by atoms with Gasteiger partial charge in [-0.1, -0.05) is 75.2 Å². The lowest BCUT2D eigenvalue weighted by Gasteiger charge is -2.29. The predicted octanol–water partition coefficient (Wildman–Crippen LogP) is 5.48. The highest BCUT2D eigenvalue weighted by atomic mass is 16.3. The van der Waals surface area contributed by atoms with E-state index < -0.39 is 6.10 Å². The molecule has 0 spiro atoms. The van der Waals surface area contributed by atoms with E-state index in [0.29, 0.717) is 24.1 Å². The summed E-state index contributed by atoms with van der Waals surface area (Å²) < 4.78 is 0. The number of rotatable bonds is 5. The second kappa shape index (κ2) is 8.56. The molecule has 1 aliphatic carbocycles. The average molecular weight is 440 g/mol. The minimum Gasteiger partial charge on any atom is -0.392 e. The highest BCUT2D eigenvalue weighted by molar-refractivity contribution is 6.01. The third kappa shape index (κ3) is 3.98. The molecule has 1 aliphatic rings. The molecule has 5 nitrogen and oxygen atoms in total. The van der Waals surface area contributed by atoms with Gasteiger partial charge < -0.3 is 5.11 Å². The Hall–Kier alpha value is -3.31. The molecule has 1 aromatic heterocycles. The van der Waals surface area contributed by atoms with Gasteiger partial charge in [-0.2, -0.15) is 0 Å². The minimum absolute atomic E-state index is 0.0253. The first-order valence-corrected chi connectivity index (χ1v) is 11.7. The summed E-state index contributed by atoms with van der Waals surface area (Å²) in [6, 6.07) is 24.0. The van der Waals surface area contributed by atoms with Crippen LogP contribution in [0.15, 0.2) is 72.8 Å². The number of aliphatic hydroxyl groups is 1. The van der Waals surface area contributed by atoms with Crippen LogP contribution < -0.4 is 0 Å². The minimum atomic E-state index is -0.593. The fourth-order valence-electron chi connectivity index (χ4n) is 4.90. The van der Waals surface area contributed by atoms with E-state index >= 15 is 0 Å². The molecule has 4 aromatic rings. The lowest BCUT2D eigenvalue weighted by atomic mass is 9.76. The van der Waals surface area contributed by atoms with Crippen LogP contribution in [0.2, 0.25) is 0 Å². The Morgan fingerprint density at radius 3 is 2.18 bits per heavy atom. The summed E-state index contributed by atoms with van der Waals surface area (Å²) >= 11 is 0. The zero-order valence-electron chi connectivity index (χ0n) is 19.1. The van der Waals surface area contributed by atoms with Gasteiger partial charge in [0.2, 0.25) is 0 Å². The molecule has 2 unspecified atom stereocenters. The number of fused-ring (bicyclic) bond motifs is 1. The SMILES string of the molecule is CC(C)(c1ccccc1)c1ccc(C(=O)C2CCCCC2O)c(-n2nc3ccccc3n2)c1. The van der Waals surface area contributed by atoms with E-state index in [1.54, 1.807) is 4.80 Å². The van der Waals surface area contributed by atoms with Gasteiger partial charge in [0.25, 0.3) is 0 Å². The van der Waals surface area contributed by atoms with Crippen LogP contribution in [0, 0.1) is 5.92 Å². The summed E-state index contributed by atoms with van der Waals surface area (Å²) in [5.74, 6) is -0.405. The molecule has 0 saturated heterocycles. The molecule has 0 radical (unpaired) electrons. The fraction of sp³-hybridized carbons (Fsp3) is 0.321. The molecule has 1 fully saturated rings. The van der Waals surface area contributed by atoms with Crippen LogP contribution >= 0.6 is 0 Å². The summed E-state index contributed by atoms with van der Waals surface area (Å²) in [5.41, 5.74) is 4.78. The first-order chi connectivity index (χ1) is 15.9. The van der Waals surface area contributed by atoms with Crippen LogP contribution in [0.1, 0.15) is 61.0 Å². The largest absolute Gasteiger partial charge is 0.392 e. The van der Waals surface area contributed by atoms with Crippen molar-refractivity contribution in [1.82, 2.24) is 15.0 Å². The first kappa shape index (κ1) is 21.5. The van der Waals surface area contributed by atoms with Gasteiger partial charge in [0.15, 0.2) is 5.78 Å². The predicted molar refractivity (Wildman–Crippen MR) is 130 cm³/mol. The van der Waals surface area contributed by atoms with Crippen molar-refractivity contribution in [3.63, 3.8) is 0 Å². The molecule has 2 atom stereocenters. The summed E-state index contributed by atoms with van der Waals surface area (Å²) in [6.07, 6.45) is 2.73. The molecule has 1 saturated carbocycles. The number of Topliss-reactive ketones (excluding diaryl/α,β-unsaturated/α-hetero) is 1. The van der Waals surface area contributed by atoms with Gasteiger partial charge in [0.1, 0.15) is 11.0 Å². The normalized spacial score (nSPS) is 19.0. The van der Waals surface area contributed by atoms with Crippen LogP contribution in [0.5, 0.6) is 0 Å². The molecule has 168 valence electrons. The van der Waals surface area contributed by atoms with Crippen LogP contribution in [0.25, 0.3) is 16.7 Å². The van der Waals surface area contributed by atoms with E-state index in [1.807, 2.05) is 60.7 Å². The molecule has 1 N–H and O–H groups in total. The van der Waals surface area contributed by atoms with Crippen LogP contribution in [0.3, 0.4) is 0 Å². The number of nitrogens with zero attached hydrogens (tertiary/aromatic N) is 3. The quantitative estimate of drug-likeness (QED) is 0.418. The summed E-state index contributed by atoms with van der Waals surface area (Å²) in [4.78, 5) is 15.2. The maximum absolute atomic E-state index is 13.6. The summed E-state index contributed by atoms with van der Waals surface area (Å²) in [6.45, 7) is 4.36. The van der Waals surface area contributed by atoms with Gasteiger partial charge in [-0.25, -0.2) is 0 Å². The number of hydrogen-bond donors (Lipinski definition) is 1. The van der Waals surface area contributed by atoms with Crippen molar-refractivity contribution < 1.29 is 9.90 Å². The van der Waals surface area contributed by atoms with E-state index in [-0.39, 0.29) is 17.1 Å². The molecule has 0 aliphatic heterocycles. The van der Waals surface area contributed by atoms with Gasteiger partial charge in [-0.3, -0.25) is 4.79 Å². The molecule has 33 heavy (non-hydrogen) atoms. The van der Waals surface area contributed by atoms with Crippen LogP contribution in [0.4, 0.5) is 0 Å². The molecular weight excluding hydrogens is 410 g/mol. The number of aliphatic hydroxyl groups excluding tert-OH is 1. The van der Waals surface area contributed by atoms with Gasteiger partial charge in [-0.15, -0.1) is 15.0 Å². The fourth-order valence-corrected chi connectivity index (χ4v) is 4.90. The molecule has 1 heterocycles. The van der Waals surface area contributed by atoms with Gasteiger partial charge in [0.05, 0.1) is 11.8 Å². The van der Waals surface area contributed by atoms with E-state index in [1.165, 1.54) is 5.56 Å². The van der Waals surface area contributed by atoms with Gasteiger partial charge in [-0.05, 0) is 48.2 Å². The average Bonchev–Trinajstić information content (AvgIpc) is 3.28. The Bertz CT molecular complexity index is 1260. The highest BCUT2D eigenvalue weighted by Crippen LogP contribution is 2.35. The third-order valence-electron chi connectivity index (χ3n) is 7.05. The van der Waals surface area contributed by atoms with Gasteiger partial charge >= 0.3 is 0 Å². The monoisotopic (exact) mass is 439 g/mol. The van der Waals surface area contributed by atoms with E-state index in [2.05, 4.69) is 36.2 Å². The zero-order chi connectivity index (χ0) is 23.0. The zero-order valence-corrected chi connectivity index (χ0v) is 19.1. The Balaban J connectivity index is 1.65. The molecule has 0 bridgehead atoms. The molecular formula is C28H29N3O2. The van der Waals surface area contributed by atoms with E-state index in [0.717, 1.165) is 29.4 Å². The maximum atomic E-state index is 13.6. The maximum Gasteiger partial charge on any atom is 0.170 e. The highest BCUT2D eigenvalue weighted by Gasteiger charge is 2.33. The first-order valence-electron chi connectivity index (χ1n) is 11.7. The smallest absolute Gasteiger partial charge is 0.170 e. The van der Waals surface area contributed by atoms with Crippen molar-refractivity contribution in [1.29, 1.82) is 0 Å². The lowest BCUT2D eigenvalue weighted by Crippen LogP contribution is -2.32. The number of benzene rings is 3. The molecule has 5 rings (SSSR count). The number of ketones is 1. The number of carbonyl (C=O) groups excluding carboxylic acids is 1. The number of aromatic nitrogens is 3. The van der Waals surface area contributed by atoms with Crippen LogP contribution in [-0.4, -0.2) is 32.0 Å². The van der Waals surface area contributed by atoms with Crippen molar-refractivity contribution in [2.24, 2.45) is 5.92 Å².